The molecule has 7 heteroatoms. The van der Waals surface area contributed by atoms with Crippen molar-refractivity contribution in [2.24, 2.45) is 57.2 Å². The van der Waals surface area contributed by atoms with Crippen LogP contribution < -0.4 is 5.32 Å². The number of fused-ring (bicyclic) bond motifs is 7. The van der Waals surface area contributed by atoms with Crippen molar-refractivity contribution in [2.45, 2.75) is 125 Å². The zero-order valence-electron chi connectivity index (χ0n) is 32.5. The van der Waals surface area contributed by atoms with Crippen molar-refractivity contribution in [1.29, 1.82) is 0 Å². The van der Waals surface area contributed by atoms with Gasteiger partial charge in [0.15, 0.2) is 9.84 Å². The highest BCUT2D eigenvalue weighted by Crippen LogP contribution is 2.76. The maximum atomic E-state index is 12.6. The first-order chi connectivity index (χ1) is 23.5. The molecule has 0 bridgehead atoms. The number of hydrogen-bond donors (Lipinski definition) is 1. The molecule has 6 aliphatic carbocycles. The highest BCUT2D eigenvalue weighted by Gasteiger charge is 2.70. The van der Waals surface area contributed by atoms with Crippen LogP contribution in [0.5, 0.6) is 0 Å². The second kappa shape index (κ2) is 12.9. The van der Waals surface area contributed by atoms with Gasteiger partial charge in [0, 0.05) is 31.7 Å². The quantitative estimate of drug-likeness (QED) is 0.203. The van der Waals surface area contributed by atoms with Crippen LogP contribution in [0, 0.1) is 57.2 Å². The lowest BCUT2D eigenvalue weighted by molar-refractivity contribution is -0.221. The third-order valence-corrected chi connectivity index (χ3v) is 18.7. The van der Waals surface area contributed by atoms with Gasteiger partial charge in [-0.2, -0.15) is 0 Å². The summed E-state index contributed by atoms with van der Waals surface area (Å²) in [4.78, 5) is 15.0. The first-order valence-electron chi connectivity index (χ1n) is 20.4. The van der Waals surface area contributed by atoms with Crippen LogP contribution in [-0.4, -0.2) is 69.1 Å². The minimum absolute atomic E-state index is 0.0186. The minimum Gasteiger partial charge on any atom is -0.466 e. The number of allylic oxidation sites excluding steroid dienone is 5. The van der Waals surface area contributed by atoms with Crippen molar-refractivity contribution in [3.8, 4) is 0 Å². The van der Waals surface area contributed by atoms with Crippen LogP contribution in [0.25, 0.3) is 0 Å². The van der Waals surface area contributed by atoms with Gasteiger partial charge in [0.2, 0.25) is 0 Å². The van der Waals surface area contributed by atoms with E-state index in [1.807, 2.05) is 6.92 Å². The average molecular weight is 709 g/mol. The lowest BCUT2D eigenvalue weighted by Gasteiger charge is -2.72. The zero-order valence-corrected chi connectivity index (χ0v) is 33.4. The van der Waals surface area contributed by atoms with Crippen LogP contribution in [0.15, 0.2) is 35.5 Å². The second-order valence-corrected chi connectivity index (χ2v) is 21.7. The van der Waals surface area contributed by atoms with Gasteiger partial charge in [0.05, 0.1) is 24.0 Å². The molecule has 280 valence electrons. The molecule has 0 aromatic rings. The molecule has 10 atom stereocenters. The van der Waals surface area contributed by atoms with E-state index in [0.29, 0.717) is 71.6 Å². The summed E-state index contributed by atoms with van der Waals surface area (Å²) in [5.41, 5.74) is 5.43. The smallest absolute Gasteiger partial charge is 0.309 e. The largest absolute Gasteiger partial charge is 0.466 e. The maximum absolute atomic E-state index is 12.6. The highest BCUT2D eigenvalue weighted by molar-refractivity contribution is 7.91. The maximum Gasteiger partial charge on any atom is 0.309 e. The standard InChI is InChI=1S/C43H68N2O4S/c1-9-49-38(46)31-11-10-30(28-31)33-15-17-40(6)35(39(33,4)5)16-18-42(8)36(40)13-12-34-37-32(29(2)3)14-19-43(37,21-20-41(34,42)7)44-22-23-45-24-26-50(47,48)27-25-45/h10,15,31-32,34-37,44H,2,9,11-14,16-28H2,1,3-8H3. The van der Waals surface area contributed by atoms with E-state index in [4.69, 9.17) is 4.74 Å². The number of nitrogens with zero attached hydrogens (tertiary/aromatic N) is 1. The molecule has 1 aliphatic heterocycles. The molecule has 1 N–H and O–H groups in total. The Labute approximate surface area is 304 Å². The fourth-order valence-corrected chi connectivity index (χ4v) is 15.7. The van der Waals surface area contributed by atoms with Gasteiger partial charge < -0.3 is 15.0 Å². The summed E-state index contributed by atoms with van der Waals surface area (Å²) in [5.74, 6) is 3.81. The first kappa shape index (κ1) is 36.9. The molecule has 6 nitrogen and oxygen atoms in total. The Kier molecular flexibility index (Phi) is 9.49. The first-order valence-corrected chi connectivity index (χ1v) is 22.2. The monoisotopic (exact) mass is 708 g/mol. The van der Waals surface area contributed by atoms with Gasteiger partial charge >= 0.3 is 5.97 Å². The Hall–Kier alpha value is -1.44. The van der Waals surface area contributed by atoms with Gasteiger partial charge in [-0.05, 0) is 147 Å². The lowest BCUT2D eigenvalue weighted by atomic mass is 9.33. The Morgan fingerprint density at radius 1 is 0.960 bits per heavy atom. The molecule has 50 heavy (non-hydrogen) atoms. The van der Waals surface area contributed by atoms with E-state index in [1.54, 1.807) is 0 Å². The molecule has 0 spiro atoms. The summed E-state index contributed by atoms with van der Waals surface area (Å²) in [5, 5.41) is 4.22. The Morgan fingerprint density at radius 2 is 1.70 bits per heavy atom. The highest BCUT2D eigenvalue weighted by atomic mass is 32.2. The molecule has 7 rings (SSSR count). The molecule has 0 radical (unpaired) electrons. The zero-order chi connectivity index (χ0) is 35.9. The van der Waals surface area contributed by atoms with Crippen LogP contribution in [0.1, 0.15) is 119 Å². The number of rotatable bonds is 8. The number of hydrogen-bond acceptors (Lipinski definition) is 6. The van der Waals surface area contributed by atoms with E-state index < -0.39 is 9.84 Å². The molecule has 7 aliphatic rings. The van der Waals surface area contributed by atoms with E-state index >= 15 is 0 Å². The van der Waals surface area contributed by atoms with Crippen molar-refractivity contribution < 1.29 is 17.9 Å². The normalized spacial score (nSPS) is 44.9. The molecule has 4 saturated carbocycles. The number of esters is 1. The second-order valence-electron chi connectivity index (χ2n) is 19.4. The predicted molar refractivity (Wildman–Crippen MR) is 203 cm³/mol. The van der Waals surface area contributed by atoms with E-state index in [2.05, 4.69) is 70.5 Å². The van der Waals surface area contributed by atoms with Crippen LogP contribution in [0.4, 0.5) is 0 Å². The lowest BCUT2D eigenvalue weighted by Crippen LogP contribution is -2.68. The van der Waals surface area contributed by atoms with Crippen molar-refractivity contribution in [1.82, 2.24) is 10.2 Å². The summed E-state index contributed by atoms with van der Waals surface area (Å²) in [6.45, 7) is 25.7. The van der Waals surface area contributed by atoms with Crippen LogP contribution >= 0.6 is 0 Å². The summed E-state index contributed by atoms with van der Waals surface area (Å²) in [6.07, 6.45) is 18.1. The Bertz CT molecular complexity index is 1530. The Morgan fingerprint density at radius 3 is 2.40 bits per heavy atom. The van der Waals surface area contributed by atoms with Gasteiger partial charge in [0.1, 0.15) is 0 Å². The molecule has 0 amide bonds. The Balaban J connectivity index is 1.12. The van der Waals surface area contributed by atoms with E-state index in [0.717, 1.165) is 32.4 Å². The minimum atomic E-state index is -2.85. The van der Waals surface area contributed by atoms with Crippen molar-refractivity contribution in [3.05, 3.63) is 35.5 Å². The van der Waals surface area contributed by atoms with Crippen LogP contribution in [0.3, 0.4) is 0 Å². The van der Waals surface area contributed by atoms with Crippen LogP contribution in [-0.2, 0) is 19.4 Å². The molecule has 5 fully saturated rings. The number of sulfone groups is 1. The third kappa shape index (κ3) is 5.67. The van der Waals surface area contributed by atoms with Gasteiger partial charge in [-0.25, -0.2) is 8.42 Å². The molecule has 1 heterocycles. The van der Waals surface area contributed by atoms with E-state index in [1.165, 1.54) is 68.1 Å². The van der Waals surface area contributed by atoms with Crippen molar-refractivity contribution in [3.63, 3.8) is 0 Å². The van der Waals surface area contributed by atoms with Crippen molar-refractivity contribution >= 4 is 15.8 Å². The summed E-state index contributed by atoms with van der Waals surface area (Å²) >= 11 is 0. The SMILES string of the molecule is C=C(C)C1CCC2(NCCN3CCS(=O)(=O)CC3)CCC3(C)C(CCC4C5(C)CC=C(C6=CCC(C(=O)OCC)C6)C(C)(C)C5CCC43C)C12. The number of carbonyl (C=O) groups excluding carboxylic acids is 1. The summed E-state index contributed by atoms with van der Waals surface area (Å²) < 4.78 is 29.5. The van der Waals surface area contributed by atoms with Gasteiger partial charge in [0.25, 0.3) is 0 Å². The third-order valence-electron chi connectivity index (χ3n) is 17.1. The molecule has 0 aromatic carbocycles. The fraction of sp³-hybridized carbons (Fsp3) is 0.837. The number of nitrogens with one attached hydrogen (secondary N) is 1. The van der Waals surface area contributed by atoms with Crippen LogP contribution in [0.2, 0.25) is 0 Å². The van der Waals surface area contributed by atoms with Gasteiger partial charge in [-0.15, -0.1) is 0 Å². The predicted octanol–water partition coefficient (Wildman–Crippen LogP) is 8.15. The summed E-state index contributed by atoms with van der Waals surface area (Å²) in [7, 11) is -2.85. The molecular weight excluding hydrogens is 641 g/mol. The van der Waals surface area contributed by atoms with E-state index in [-0.39, 0.29) is 28.3 Å². The summed E-state index contributed by atoms with van der Waals surface area (Å²) in [6, 6.07) is 0. The molecule has 0 aromatic heterocycles. The fourth-order valence-electron chi connectivity index (χ4n) is 14.4. The van der Waals surface area contributed by atoms with E-state index in [9.17, 15) is 13.2 Å². The molecular formula is C43H68N2O4S. The number of carbonyl (C=O) groups is 1. The van der Waals surface area contributed by atoms with Gasteiger partial charge in [-0.1, -0.05) is 58.9 Å². The topological polar surface area (TPSA) is 75.7 Å². The molecule has 10 unspecified atom stereocenters. The number of ether oxygens (including phenoxy) is 1. The van der Waals surface area contributed by atoms with Crippen molar-refractivity contribution in [2.75, 3.05) is 44.3 Å². The molecule has 1 saturated heterocycles. The van der Waals surface area contributed by atoms with Gasteiger partial charge in [-0.3, -0.25) is 4.79 Å². The average Bonchev–Trinajstić information content (AvgIpc) is 3.68.